The van der Waals surface area contributed by atoms with Crippen molar-refractivity contribution < 1.29 is 13.5 Å². The van der Waals surface area contributed by atoms with Gasteiger partial charge in [0.1, 0.15) is 5.69 Å². The molecule has 1 aliphatic rings. The standard InChI is InChI=1S/C14H16F2N2O/c1-9-3-4-18(8-13(9)19-2)14-11(15)5-10(7-17)6-12(14)16/h5-6,9,13H,3-4,8H2,1-2H3. The van der Waals surface area contributed by atoms with Crippen LogP contribution in [0.15, 0.2) is 12.1 Å². The summed E-state index contributed by atoms with van der Waals surface area (Å²) >= 11 is 0. The molecule has 0 aromatic heterocycles. The van der Waals surface area contributed by atoms with Crippen molar-refractivity contribution in [1.29, 1.82) is 5.26 Å². The molecule has 19 heavy (non-hydrogen) atoms. The van der Waals surface area contributed by atoms with Gasteiger partial charge in [-0.05, 0) is 24.5 Å². The molecule has 0 bridgehead atoms. The number of benzene rings is 1. The molecule has 1 aromatic rings. The molecule has 1 aromatic carbocycles. The Morgan fingerprint density at radius 1 is 1.37 bits per heavy atom. The van der Waals surface area contributed by atoms with Crippen molar-refractivity contribution in [1.82, 2.24) is 0 Å². The van der Waals surface area contributed by atoms with E-state index in [9.17, 15) is 8.78 Å². The van der Waals surface area contributed by atoms with Crippen LogP contribution < -0.4 is 4.90 Å². The van der Waals surface area contributed by atoms with E-state index in [0.717, 1.165) is 18.6 Å². The molecule has 1 fully saturated rings. The summed E-state index contributed by atoms with van der Waals surface area (Å²) in [6, 6.07) is 3.88. The average molecular weight is 266 g/mol. The van der Waals surface area contributed by atoms with Crippen molar-refractivity contribution in [2.75, 3.05) is 25.1 Å². The summed E-state index contributed by atoms with van der Waals surface area (Å²) in [5.41, 5.74) is -0.0691. The molecular weight excluding hydrogens is 250 g/mol. The largest absolute Gasteiger partial charge is 0.379 e. The first-order valence-corrected chi connectivity index (χ1v) is 6.23. The third-order valence-electron chi connectivity index (χ3n) is 3.65. The number of halogens is 2. The summed E-state index contributed by atoms with van der Waals surface area (Å²) in [6.45, 7) is 3.11. The highest BCUT2D eigenvalue weighted by Gasteiger charge is 2.29. The maximum absolute atomic E-state index is 13.9. The van der Waals surface area contributed by atoms with E-state index in [1.807, 2.05) is 0 Å². The van der Waals surface area contributed by atoms with E-state index in [-0.39, 0.29) is 17.4 Å². The summed E-state index contributed by atoms with van der Waals surface area (Å²) < 4.78 is 33.2. The first kappa shape index (κ1) is 13.8. The zero-order chi connectivity index (χ0) is 14.0. The molecule has 0 aliphatic carbocycles. The Balaban J connectivity index is 2.30. The minimum Gasteiger partial charge on any atom is -0.379 e. The van der Waals surface area contributed by atoms with Crippen LogP contribution in [-0.4, -0.2) is 26.3 Å². The number of piperidine rings is 1. The van der Waals surface area contributed by atoms with Crippen LogP contribution in [0, 0.1) is 28.9 Å². The number of nitrogens with zero attached hydrogens (tertiary/aromatic N) is 2. The van der Waals surface area contributed by atoms with Crippen molar-refractivity contribution in [3.8, 4) is 6.07 Å². The number of methoxy groups -OCH3 is 1. The number of hydrogen-bond acceptors (Lipinski definition) is 3. The van der Waals surface area contributed by atoms with Gasteiger partial charge in [-0.25, -0.2) is 8.78 Å². The van der Waals surface area contributed by atoms with Gasteiger partial charge in [-0.1, -0.05) is 6.92 Å². The van der Waals surface area contributed by atoms with Crippen LogP contribution in [-0.2, 0) is 4.74 Å². The third-order valence-corrected chi connectivity index (χ3v) is 3.65. The topological polar surface area (TPSA) is 36.3 Å². The molecule has 5 heteroatoms. The minimum atomic E-state index is -0.694. The second-order valence-electron chi connectivity index (χ2n) is 4.89. The first-order valence-electron chi connectivity index (χ1n) is 6.23. The summed E-state index contributed by atoms with van der Waals surface area (Å²) in [4.78, 5) is 1.65. The van der Waals surface area contributed by atoms with Gasteiger partial charge >= 0.3 is 0 Å². The number of rotatable bonds is 2. The lowest BCUT2D eigenvalue weighted by molar-refractivity contribution is 0.0495. The van der Waals surface area contributed by atoms with E-state index in [0.29, 0.717) is 19.0 Å². The predicted molar refractivity (Wildman–Crippen MR) is 67.9 cm³/mol. The molecule has 3 nitrogen and oxygen atoms in total. The molecule has 102 valence electrons. The van der Waals surface area contributed by atoms with Crippen LogP contribution in [0.1, 0.15) is 18.9 Å². The van der Waals surface area contributed by atoms with Crippen LogP contribution in [0.4, 0.5) is 14.5 Å². The van der Waals surface area contributed by atoms with Crippen molar-refractivity contribution in [3.63, 3.8) is 0 Å². The summed E-state index contributed by atoms with van der Waals surface area (Å²) in [5.74, 6) is -1.02. The zero-order valence-electron chi connectivity index (χ0n) is 11.0. The third kappa shape index (κ3) is 2.69. The Bertz CT molecular complexity index is 490. The number of nitriles is 1. The number of ether oxygens (including phenoxy) is 1. The molecule has 0 N–H and O–H groups in total. The molecule has 2 rings (SSSR count). The zero-order valence-corrected chi connectivity index (χ0v) is 11.0. The molecule has 1 aliphatic heterocycles. The maximum atomic E-state index is 13.9. The van der Waals surface area contributed by atoms with Crippen LogP contribution in [0.5, 0.6) is 0 Å². The smallest absolute Gasteiger partial charge is 0.150 e. The molecule has 1 heterocycles. The Kier molecular flexibility index (Phi) is 4.01. The van der Waals surface area contributed by atoms with Crippen LogP contribution in [0.2, 0.25) is 0 Å². The average Bonchev–Trinajstić information content (AvgIpc) is 2.39. The highest BCUT2D eigenvalue weighted by molar-refractivity contribution is 5.53. The fraction of sp³-hybridized carbons (Fsp3) is 0.500. The molecule has 0 amide bonds. The number of hydrogen-bond donors (Lipinski definition) is 0. The Labute approximate surface area is 111 Å². The molecule has 0 radical (unpaired) electrons. The Morgan fingerprint density at radius 2 is 2.00 bits per heavy atom. The SMILES string of the molecule is COC1CN(c2c(F)cc(C#N)cc2F)CCC1C. The highest BCUT2D eigenvalue weighted by Crippen LogP contribution is 2.29. The molecule has 0 saturated carbocycles. The van der Waals surface area contributed by atoms with Crippen LogP contribution >= 0.6 is 0 Å². The second-order valence-corrected chi connectivity index (χ2v) is 4.89. The monoisotopic (exact) mass is 266 g/mol. The molecule has 0 spiro atoms. The van der Waals surface area contributed by atoms with Crippen LogP contribution in [0.3, 0.4) is 0 Å². The van der Waals surface area contributed by atoms with Gasteiger partial charge in [0.2, 0.25) is 0 Å². The van der Waals surface area contributed by atoms with Crippen LogP contribution in [0.25, 0.3) is 0 Å². The van der Waals surface area contributed by atoms with Gasteiger partial charge < -0.3 is 9.64 Å². The van der Waals surface area contributed by atoms with Gasteiger partial charge in [-0.3, -0.25) is 0 Å². The Morgan fingerprint density at radius 3 is 2.53 bits per heavy atom. The highest BCUT2D eigenvalue weighted by atomic mass is 19.1. The predicted octanol–water partition coefficient (Wildman–Crippen LogP) is 2.70. The molecule has 2 atom stereocenters. The van der Waals surface area contributed by atoms with E-state index < -0.39 is 11.6 Å². The molecular formula is C14H16F2N2O. The Hall–Kier alpha value is -1.67. The maximum Gasteiger partial charge on any atom is 0.150 e. The normalized spacial score (nSPS) is 23.2. The van der Waals surface area contributed by atoms with E-state index >= 15 is 0 Å². The number of anilines is 1. The quantitative estimate of drug-likeness (QED) is 0.825. The van der Waals surface area contributed by atoms with E-state index in [2.05, 4.69) is 6.92 Å². The van der Waals surface area contributed by atoms with Crippen molar-refractivity contribution in [2.24, 2.45) is 5.92 Å². The van der Waals surface area contributed by atoms with Crippen molar-refractivity contribution in [2.45, 2.75) is 19.4 Å². The van der Waals surface area contributed by atoms with Crippen molar-refractivity contribution in [3.05, 3.63) is 29.3 Å². The second kappa shape index (κ2) is 5.54. The van der Waals surface area contributed by atoms with E-state index in [1.165, 1.54) is 0 Å². The summed E-state index contributed by atoms with van der Waals surface area (Å²) in [5, 5.41) is 8.69. The van der Waals surface area contributed by atoms with Gasteiger partial charge in [0.25, 0.3) is 0 Å². The van der Waals surface area contributed by atoms with Gasteiger partial charge in [0.05, 0.1) is 17.7 Å². The first-order chi connectivity index (χ1) is 9.06. The lowest BCUT2D eigenvalue weighted by Crippen LogP contribution is -2.44. The van der Waals surface area contributed by atoms with Gasteiger partial charge in [0, 0.05) is 20.2 Å². The van der Waals surface area contributed by atoms with E-state index in [4.69, 9.17) is 10.00 Å². The minimum absolute atomic E-state index is 0.00702. The summed E-state index contributed by atoms with van der Waals surface area (Å²) in [6.07, 6.45) is 0.778. The lowest BCUT2D eigenvalue weighted by Gasteiger charge is -2.37. The van der Waals surface area contributed by atoms with Gasteiger partial charge in [-0.15, -0.1) is 0 Å². The van der Waals surface area contributed by atoms with Gasteiger partial charge in [0.15, 0.2) is 11.6 Å². The van der Waals surface area contributed by atoms with Crippen molar-refractivity contribution >= 4 is 5.69 Å². The summed E-state index contributed by atoms with van der Waals surface area (Å²) in [7, 11) is 1.61. The lowest BCUT2D eigenvalue weighted by atomic mass is 9.95. The fourth-order valence-electron chi connectivity index (χ4n) is 2.48. The van der Waals surface area contributed by atoms with Gasteiger partial charge in [-0.2, -0.15) is 5.26 Å². The van der Waals surface area contributed by atoms with E-state index in [1.54, 1.807) is 18.1 Å². The molecule has 2 unspecified atom stereocenters. The fourth-order valence-corrected chi connectivity index (χ4v) is 2.48. The molecule has 1 saturated heterocycles.